The van der Waals surface area contributed by atoms with Crippen molar-refractivity contribution >= 4 is 27.0 Å². The van der Waals surface area contributed by atoms with Gasteiger partial charge in [0, 0.05) is 0 Å². The fraction of sp³-hybridized carbons (Fsp3) is 0.348. The quantitative estimate of drug-likeness (QED) is 0.102. The maximum absolute atomic E-state index is 2.39. The first-order valence-electron chi connectivity index (χ1n) is 18.2. The van der Waals surface area contributed by atoms with Crippen molar-refractivity contribution in [1.82, 2.24) is 0 Å². The molecule has 0 bridgehead atoms. The minimum Gasteiger partial charge on any atom is -1.00 e. The predicted molar refractivity (Wildman–Crippen MR) is 213 cm³/mol. The molecule has 0 radical (unpaired) electrons. The van der Waals surface area contributed by atoms with Crippen molar-refractivity contribution in [3.63, 3.8) is 0 Å². The summed E-state index contributed by atoms with van der Waals surface area (Å²) in [6, 6.07) is 41.0. The molecule has 0 nitrogen and oxygen atoms in total. The van der Waals surface area contributed by atoms with Gasteiger partial charge in [0.1, 0.15) is 0 Å². The van der Waals surface area contributed by atoms with E-state index in [1.165, 1.54) is 85.3 Å². The third-order valence-electron chi connectivity index (χ3n) is 9.98. The Balaban J connectivity index is 0.000000303. The second kappa shape index (κ2) is 21.3. The molecule has 0 amide bonds. The number of rotatable bonds is 9. The van der Waals surface area contributed by atoms with Gasteiger partial charge in [-0.1, -0.05) is 127 Å². The topological polar surface area (TPSA) is 0 Å². The van der Waals surface area contributed by atoms with E-state index in [4.69, 9.17) is 0 Å². The Kier molecular flexibility index (Phi) is 18.8. The summed E-state index contributed by atoms with van der Waals surface area (Å²) in [6.45, 7) is 20.5. The van der Waals surface area contributed by atoms with Gasteiger partial charge in [-0.2, -0.15) is 12.1 Å². The van der Waals surface area contributed by atoms with Crippen LogP contribution in [0.2, 0.25) is 13.1 Å². The van der Waals surface area contributed by atoms with Gasteiger partial charge in [0.25, 0.3) is 0 Å². The molecule has 4 heteroatoms. The standard InChI is InChI=1S/C23H27.C21H23.C2H6Si.2ClH.Zr/c1-5-16(3)18-10-12-19(13-11-18)22-9-7-8-20-14-21(15-23(20)22)17(4)6-2;1-4-15(3)17-9-11-18(12-10-17)20-8-6-7-19-13-16(5-2)14-21(19)20;1-3-2;;;/h7-17H,5-6H2,1-4H3;6-15H,4-5H2,1-3H3;1-2H3;2*1H;/q2*-1;;;;+2/p-2. The summed E-state index contributed by atoms with van der Waals surface area (Å²) in [5, 5.41) is 5.49. The van der Waals surface area contributed by atoms with Gasteiger partial charge < -0.3 is 24.8 Å². The first-order chi connectivity index (χ1) is 23.1. The summed E-state index contributed by atoms with van der Waals surface area (Å²) in [7, 11) is 0. The minimum atomic E-state index is 0. The average molecular weight is 799 g/mol. The van der Waals surface area contributed by atoms with Gasteiger partial charge in [-0.3, -0.25) is 0 Å². The van der Waals surface area contributed by atoms with E-state index in [-0.39, 0.29) is 30.2 Å². The van der Waals surface area contributed by atoms with Crippen LogP contribution in [0.1, 0.15) is 108 Å². The number of hydrogen-bond donors (Lipinski definition) is 0. The monoisotopic (exact) mass is 796 g/mol. The van der Waals surface area contributed by atoms with Gasteiger partial charge in [0.2, 0.25) is 0 Å². The molecule has 0 aromatic heterocycles. The SMILES string of the molecule is CCC(C)c1ccc(-c2cccc3[cH-]c(C(C)CC)cc23)cc1.CCc1cc2c(-c3ccc(C(C)CC)cc3)cccc2[cH-]1.C[Si](C)=[Zr+2].[Cl-].[Cl-]. The van der Waals surface area contributed by atoms with Crippen LogP contribution in [0.15, 0.2) is 109 Å². The summed E-state index contributed by atoms with van der Waals surface area (Å²) in [4.78, 5) is 0. The third-order valence-corrected chi connectivity index (χ3v) is 9.98. The molecule has 0 aliphatic heterocycles. The molecule has 3 unspecified atom stereocenters. The molecular weight excluding hydrogens is 743 g/mol. The van der Waals surface area contributed by atoms with Crippen molar-refractivity contribution in [2.75, 3.05) is 0 Å². The van der Waals surface area contributed by atoms with E-state index in [1.807, 2.05) is 0 Å². The van der Waals surface area contributed by atoms with Crippen molar-refractivity contribution < 1.29 is 48.1 Å². The van der Waals surface area contributed by atoms with Crippen LogP contribution in [0.3, 0.4) is 0 Å². The molecule has 0 aliphatic rings. The molecular formula is C46H56Cl2SiZr-2. The predicted octanol–water partition coefficient (Wildman–Crippen LogP) is 8.35. The zero-order valence-electron chi connectivity index (χ0n) is 31.7. The molecule has 50 heavy (non-hydrogen) atoms. The third kappa shape index (κ3) is 11.4. The summed E-state index contributed by atoms with van der Waals surface area (Å²) in [6.07, 6.45) is 4.67. The number of halogens is 2. The van der Waals surface area contributed by atoms with Crippen molar-refractivity contribution in [3.05, 3.63) is 131 Å². The Labute approximate surface area is 331 Å². The van der Waals surface area contributed by atoms with Gasteiger partial charge in [0.05, 0.1) is 0 Å². The zero-order valence-corrected chi connectivity index (χ0v) is 36.7. The second-order valence-electron chi connectivity index (χ2n) is 13.8. The Hall–Kier alpha value is -2.22. The van der Waals surface area contributed by atoms with Crippen molar-refractivity contribution in [1.29, 1.82) is 0 Å². The molecule has 0 fully saturated rings. The van der Waals surface area contributed by atoms with Crippen LogP contribution in [0.4, 0.5) is 0 Å². The number of fused-ring (bicyclic) bond motifs is 2. The molecule has 6 aromatic carbocycles. The molecule has 6 rings (SSSR count). The van der Waals surface area contributed by atoms with Crippen LogP contribution >= 0.6 is 0 Å². The molecule has 0 saturated carbocycles. The van der Waals surface area contributed by atoms with E-state index < -0.39 is 0 Å². The zero-order chi connectivity index (χ0) is 34.8. The molecule has 264 valence electrons. The van der Waals surface area contributed by atoms with E-state index in [0.717, 1.165) is 6.42 Å². The number of hydrogen-bond acceptors (Lipinski definition) is 0. The molecule has 0 heterocycles. The molecule has 3 atom stereocenters. The van der Waals surface area contributed by atoms with E-state index in [0.29, 0.717) is 17.8 Å². The first kappa shape index (κ1) is 43.9. The van der Waals surface area contributed by atoms with Gasteiger partial charge in [-0.15, -0.1) is 69.1 Å². The smallest absolute Gasteiger partial charge is 1.00 e. The van der Waals surface area contributed by atoms with Crippen LogP contribution in [0.25, 0.3) is 43.8 Å². The van der Waals surface area contributed by atoms with Crippen molar-refractivity contribution in [3.8, 4) is 22.3 Å². The Morgan fingerprint density at radius 2 is 0.960 bits per heavy atom. The van der Waals surface area contributed by atoms with Gasteiger partial charge in [0.15, 0.2) is 0 Å². The van der Waals surface area contributed by atoms with Crippen LogP contribution in [0.5, 0.6) is 0 Å². The van der Waals surface area contributed by atoms with Gasteiger partial charge in [-0.05, 0) is 59.3 Å². The number of benzene rings is 4. The largest absolute Gasteiger partial charge is 1.00 e. The Morgan fingerprint density at radius 3 is 1.36 bits per heavy atom. The molecule has 0 saturated heterocycles. The maximum atomic E-state index is 2.39. The molecule has 0 aliphatic carbocycles. The number of aryl methyl sites for hydroxylation is 1. The summed E-state index contributed by atoms with van der Waals surface area (Å²) >= 11 is 1.74. The van der Waals surface area contributed by atoms with Crippen LogP contribution < -0.4 is 24.8 Å². The van der Waals surface area contributed by atoms with Crippen LogP contribution in [-0.2, 0) is 29.8 Å². The van der Waals surface area contributed by atoms with Crippen molar-refractivity contribution in [2.45, 2.75) is 105 Å². The molecule has 0 spiro atoms. The summed E-state index contributed by atoms with van der Waals surface area (Å²) in [5.41, 5.74) is 11.3. The van der Waals surface area contributed by atoms with Crippen molar-refractivity contribution in [2.24, 2.45) is 0 Å². The fourth-order valence-corrected chi connectivity index (χ4v) is 6.24. The fourth-order valence-electron chi connectivity index (χ4n) is 6.24. The van der Waals surface area contributed by atoms with E-state index in [9.17, 15) is 0 Å². The van der Waals surface area contributed by atoms with Gasteiger partial charge >= 0.3 is 41.9 Å². The Morgan fingerprint density at radius 1 is 0.560 bits per heavy atom. The van der Waals surface area contributed by atoms with Crippen LogP contribution in [0, 0.1) is 0 Å². The molecule has 0 N–H and O–H groups in total. The second-order valence-corrected chi connectivity index (χ2v) is 23.2. The van der Waals surface area contributed by atoms with E-state index in [2.05, 4.69) is 171 Å². The first-order valence-corrected chi connectivity index (χ1v) is 24.4. The van der Waals surface area contributed by atoms with E-state index >= 15 is 0 Å². The maximum Gasteiger partial charge on any atom is -1.00 e. The molecule has 6 aromatic rings. The van der Waals surface area contributed by atoms with Gasteiger partial charge in [-0.25, -0.2) is 0 Å². The minimum absolute atomic E-state index is 0. The normalized spacial score (nSPS) is 12.4. The van der Waals surface area contributed by atoms with E-state index in [1.54, 1.807) is 23.3 Å². The van der Waals surface area contributed by atoms with Crippen LogP contribution in [-0.4, -0.2) is 5.43 Å². The summed E-state index contributed by atoms with van der Waals surface area (Å²) < 4.78 is 0. The average Bonchev–Trinajstić information content (AvgIpc) is 3.75. The Bertz CT molecular complexity index is 1890. The summed E-state index contributed by atoms with van der Waals surface area (Å²) in [5.74, 6) is 1.90.